The van der Waals surface area contributed by atoms with Gasteiger partial charge in [-0.2, -0.15) is 0 Å². The summed E-state index contributed by atoms with van der Waals surface area (Å²) < 4.78 is 0. The average Bonchev–Trinajstić information content (AvgIpc) is 2.75. The lowest BCUT2D eigenvalue weighted by molar-refractivity contribution is -0.384. The molecule has 6 heteroatoms. The van der Waals surface area contributed by atoms with Crippen LogP contribution in [0.25, 0.3) is 0 Å². The molecule has 1 N–H and O–H groups in total. The molecule has 0 spiro atoms. The van der Waals surface area contributed by atoms with Gasteiger partial charge in [0.25, 0.3) is 11.6 Å². The Labute approximate surface area is 116 Å². The standard InChI is InChI=1S/C13H15ClN2O3/c1-13(6-2-3-7-13)15-12(17)10-5-4-9(16(18)19)8-11(10)14/h4-5,8H,2-3,6-7H2,1H3,(H,15,17). The Balaban J connectivity index is 2.17. The van der Waals surface area contributed by atoms with E-state index in [1.807, 2.05) is 6.92 Å². The van der Waals surface area contributed by atoms with Crippen LogP contribution in [0, 0.1) is 10.1 Å². The first-order valence-electron chi connectivity index (χ1n) is 6.18. The molecule has 1 fully saturated rings. The first-order chi connectivity index (χ1) is 8.91. The van der Waals surface area contributed by atoms with Crippen molar-refractivity contribution in [1.82, 2.24) is 5.32 Å². The van der Waals surface area contributed by atoms with Crippen LogP contribution in [0.1, 0.15) is 43.0 Å². The molecule has 102 valence electrons. The molecule has 0 saturated heterocycles. The third-order valence-electron chi connectivity index (χ3n) is 3.53. The van der Waals surface area contributed by atoms with Gasteiger partial charge in [0, 0.05) is 17.7 Å². The quantitative estimate of drug-likeness (QED) is 0.683. The van der Waals surface area contributed by atoms with Crippen LogP contribution >= 0.6 is 11.6 Å². The molecule has 1 aromatic carbocycles. The third-order valence-corrected chi connectivity index (χ3v) is 3.84. The SMILES string of the molecule is CC1(NC(=O)c2ccc([N+](=O)[O-])cc2Cl)CCCC1. The van der Waals surface area contributed by atoms with Crippen LogP contribution in [0.2, 0.25) is 5.02 Å². The number of hydrogen-bond donors (Lipinski definition) is 1. The highest BCUT2D eigenvalue weighted by molar-refractivity contribution is 6.34. The van der Waals surface area contributed by atoms with Gasteiger partial charge in [-0.1, -0.05) is 24.4 Å². The monoisotopic (exact) mass is 282 g/mol. The fraction of sp³-hybridized carbons (Fsp3) is 0.462. The van der Waals surface area contributed by atoms with E-state index in [4.69, 9.17) is 11.6 Å². The van der Waals surface area contributed by atoms with E-state index >= 15 is 0 Å². The molecule has 1 amide bonds. The Kier molecular flexibility index (Phi) is 3.75. The van der Waals surface area contributed by atoms with Crippen molar-refractivity contribution in [3.05, 3.63) is 38.9 Å². The largest absolute Gasteiger partial charge is 0.347 e. The molecule has 0 aromatic heterocycles. The molecule has 1 aromatic rings. The van der Waals surface area contributed by atoms with Crippen molar-refractivity contribution >= 4 is 23.2 Å². The van der Waals surface area contributed by atoms with Gasteiger partial charge in [-0.15, -0.1) is 0 Å². The van der Waals surface area contributed by atoms with Gasteiger partial charge in [0.05, 0.1) is 15.5 Å². The van der Waals surface area contributed by atoms with Crippen LogP contribution in [0.3, 0.4) is 0 Å². The molecule has 1 aliphatic carbocycles. The summed E-state index contributed by atoms with van der Waals surface area (Å²) in [6.45, 7) is 2.01. The van der Waals surface area contributed by atoms with E-state index in [1.54, 1.807) is 0 Å². The highest BCUT2D eigenvalue weighted by Gasteiger charge is 2.31. The molecule has 0 atom stereocenters. The lowest BCUT2D eigenvalue weighted by Gasteiger charge is -2.25. The minimum absolute atomic E-state index is 0.105. The van der Waals surface area contributed by atoms with Gasteiger partial charge in [0.2, 0.25) is 0 Å². The summed E-state index contributed by atoms with van der Waals surface area (Å²) in [6.07, 6.45) is 4.10. The van der Waals surface area contributed by atoms with E-state index < -0.39 is 4.92 Å². The van der Waals surface area contributed by atoms with Gasteiger partial charge in [-0.3, -0.25) is 14.9 Å². The number of nitrogens with one attached hydrogen (secondary N) is 1. The van der Waals surface area contributed by atoms with Gasteiger partial charge >= 0.3 is 0 Å². The topological polar surface area (TPSA) is 72.2 Å². The van der Waals surface area contributed by atoms with E-state index in [-0.39, 0.29) is 27.7 Å². The van der Waals surface area contributed by atoms with Crippen molar-refractivity contribution in [2.45, 2.75) is 38.1 Å². The number of carbonyl (C=O) groups excluding carboxylic acids is 1. The second-order valence-electron chi connectivity index (χ2n) is 5.14. The fourth-order valence-electron chi connectivity index (χ4n) is 2.42. The zero-order valence-corrected chi connectivity index (χ0v) is 11.4. The van der Waals surface area contributed by atoms with E-state index in [0.29, 0.717) is 0 Å². The molecule has 1 saturated carbocycles. The maximum atomic E-state index is 12.1. The number of nitro groups is 1. The van der Waals surface area contributed by atoms with Gasteiger partial charge in [0.15, 0.2) is 0 Å². The number of non-ortho nitro benzene ring substituents is 1. The highest BCUT2D eigenvalue weighted by Crippen LogP contribution is 2.30. The predicted octanol–water partition coefficient (Wildman–Crippen LogP) is 3.31. The Bertz CT molecular complexity index is 525. The van der Waals surface area contributed by atoms with Crippen molar-refractivity contribution in [1.29, 1.82) is 0 Å². The minimum atomic E-state index is -0.536. The molecule has 5 nitrogen and oxygen atoms in total. The van der Waals surface area contributed by atoms with E-state index in [9.17, 15) is 14.9 Å². The van der Waals surface area contributed by atoms with Crippen LogP contribution < -0.4 is 5.32 Å². The van der Waals surface area contributed by atoms with Crippen molar-refractivity contribution < 1.29 is 9.72 Å². The molecule has 0 aliphatic heterocycles. The van der Waals surface area contributed by atoms with Crippen LogP contribution in [0.15, 0.2) is 18.2 Å². The summed E-state index contributed by atoms with van der Waals surface area (Å²) in [4.78, 5) is 22.2. The summed E-state index contributed by atoms with van der Waals surface area (Å²) in [5, 5.41) is 13.7. The molecular weight excluding hydrogens is 268 g/mol. The van der Waals surface area contributed by atoms with Crippen molar-refractivity contribution in [2.24, 2.45) is 0 Å². The highest BCUT2D eigenvalue weighted by atomic mass is 35.5. The number of nitro benzene ring substituents is 1. The zero-order valence-electron chi connectivity index (χ0n) is 10.6. The molecule has 2 rings (SSSR count). The van der Waals surface area contributed by atoms with Gasteiger partial charge in [-0.05, 0) is 25.8 Å². The smallest absolute Gasteiger partial charge is 0.270 e. The lowest BCUT2D eigenvalue weighted by Crippen LogP contribution is -2.43. The van der Waals surface area contributed by atoms with Crippen molar-refractivity contribution in [3.8, 4) is 0 Å². The summed E-state index contributed by atoms with van der Waals surface area (Å²) >= 11 is 5.93. The van der Waals surface area contributed by atoms with Crippen LogP contribution in [-0.4, -0.2) is 16.4 Å². The first-order valence-corrected chi connectivity index (χ1v) is 6.55. The Morgan fingerprint density at radius 3 is 2.58 bits per heavy atom. The van der Waals surface area contributed by atoms with Gasteiger partial charge < -0.3 is 5.32 Å². The number of hydrogen-bond acceptors (Lipinski definition) is 3. The molecule has 1 aliphatic rings. The van der Waals surface area contributed by atoms with E-state index in [2.05, 4.69) is 5.32 Å². The molecule has 0 bridgehead atoms. The van der Waals surface area contributed by atoms with Crippen LogP contribution in [0.5, 0.6) is 0 Å². The Morgan fingerprint density at radius 2 is 2.05 bits per heavy atom. The number of rotatable bonds is 3. The third kappa shape index (κ3) is 3.04. The van der Waals surface area contributed by atoms with Crippen molar-refractivity contribution in [3.63, 3.8) is 0 Å². The first kappa shape index (κ1) is 13.8. The number of nitrogens with zero attached hydrogens (tertiary/aromatic N) is 1. The summed E-state index contributed by atoms with van der Waals surface area (Å²) in [5.41, 5.74) is -0.0311. The zero-order chi connectivity index (χ0) is 14.0. The lowest BCUT2D eigenvalue weighted by atomic mass is 10.00. The molecule has 19 heavy (non-hydrogen) atoms. The summed E-state index contributed by atoms with van der Waals surface area (Å²) in [7, 11) is 0. The summed E-state index contributed by atoms with van der Waals surface area (Å²) in [5.74, 6) is -0.274. The number of amides is 1. The Hall–Kier alpha value is -1.62. The van der Waals surface area contributed by atoms with Crippen molar-refractivity contribution in [2.75, 3.05) is 0 Å². The van der Waals surface area contributed by atoms with Gasteiger partial charge in [0.1, 0.15) is 0 Å². The Morgan fingerprint density at radius 1 is 1.42 bits per heavy atom. The van der Waals surface area contributed by atoms with E-state index in [0.717, 1.165) is 25.7 Å². The minimum Gasteiger partial charge on any atom is -0.347 e. The molecular formula is C13H15ClN2O3. The average molecular weight is 283 g/mol. The predicted molar refractivity (Wildman–Crippen MR) is 72.4 cm³/mol. The molecule has 0 unspecified atom stereocenters. The molecule has 0 radical (unpaired) electrons. The number of halogens is 1. The maximum absolute atomic E-state index is 12.1. The molecule has 0 heterocycles. The maximum Gasteiger partial charge on any atom is 0.270 e. The second kappa shape index (κ2) is 5.17. The number of benzene rings is 1. The second-order valence-corrected chi connectivity index (χ2v) is 5.55. The summed E-state index contributed by atoms with van der Waals surface area (Å²) in [6, 6.07) is 3.89. The van der Waals surface area contributed by atoms with E-state index in [1.165, 1.54) is 18.2 Å². The fourth-order valence-corrected chi connectivity index (χ4v) is 2.68. The normalized spacial score (nSPS) is 17.2. The number of carbonyl (C=O) groups is 1. The van der Waals surface area contributed by atoms with Crippen LogP contribution in [-0.2, 0) is 0 Å². The van der Waals surface area contributed by atoms with Gasteiger partial charge in [-0.25, -0.2) is 0 Å². The van der Waals surface area contributed by atoms with Crippen LogP contribution in [0.4, 0.5) is 5.69 Å².